The van der Waals surface area contributed by atoms with E-state index < -0.39 is 24.0 Å². The molecule has 0 heterocycles. The number of carboxylic acid groups (broad SMARTS) is 1. The molecule has 6 nitrogen and oxygen atoms in total. The third-order valence-electron chi connectivity index (χ3n) is 2.34. The van der Waals surface area contributed by atoms with E-state index in [0.717, 1.165) is 4.47 Å². The molecule has 0 saturated carbocycles. The minimum absolute atomic E-state index is 0.167. The van der Waals surface area contributed by atoms with Crippen molar-refractivity contribution >= 4 is 49.5 Å². The number of aliphatic carboxylic acids is 1. The van der Waals surface area contributed by atoms with E-state index in [-0.39, 0.29) is 6.54 Å². The molecule has 0 radical (unpaired) electrons. The summed E-state index contributed by atoms with van der Waals surface area (Å²) in [6, 6.07) is 4.71. The summed E-state index contributed by atoms with van der Waals surface area (Å²) in [4.78, 5) is 22.2. The second-order valence-corrected chi connectivity index (χ2v) is 6.27. The summed E-state index contributed by atoms with van der Waals surface area (Å²) in [5, 5.41) is 23.4. The maximum atomic E-state index is 11.7. The minimum Gasteiger partial charge on any atom is -0.481 e. The number of aliphatic hydroxyl groups is 1. The van der Waals surface area contributed by atoms with Crippen LogP contribution in [0.2, 0.25) is 0 Å². The Morgan fingerprint density at radius 3 is 2.55 bits per heavy atom. The van der Waals surface area contributed by atoms with Crippen LogP contribution in [0.3, 0.4) is 0 Å². The largest absolute Gasteiger partial charge is 0.481 e. The van der Waals surface area contributed by atoms with Crippen molar-refractivity contribution in [1.29, 1.82) is 0 Å². The predicted octanol–water partition coefficient (Wildman–Crippen LogP) is 2.56. The molecule has 110 valence electrons. The molecule has 4 N–H and O–H groups in total. The van der Waals surface area contributed by atoms with Crippen LogP contribution in [-0.4, -0.2) is 34.4 Å². The lowest BCUT2D eigenvalue weighted by atomic mass is 10.0. The second kappa shape index (κ2) is 7.05. The van der Waals surface area contributed by atoms with Gasteiger partial charge < -0.3 is 20.8 Å². The van der Waals surface area contributed by atoms with Gasteiger partial charge in [-0.05, 0) is 41.1 Å². The number of carbonyl (C=O) groups is 2. The number of hydrogen-bond acceptors (Lipinski definition) is 3. The van der Waals surface area contributed by atoms with Gasteiger partial charge in [-0.25, -0.2) is 4.79 Å². The number of carboxylic acids is 1. The molecule has 1 atom stereocenters. The van der Waals surface area contributed by atoms with Crippen molar-refractivity contribution in [3.8, 4) is 0 Å². The van der Waals surface area contributed by atoms with Crippen LogP contribution < -0.4 is 10.6 Å². The SMILES string of the molecule is CC(O)(CNC(=O)Nc1ccc(Br)cc1Br)CC(=O)O. The highest BCUT2D eigenvalue weighted by atomic mass is 79.9. The topological polar surface area (TPSA) is 98.7 Å². The van der Waals surface area contributed by atoms with Crippen LogP contribution in [-0.2, 0) is 4.79 Å². The van der Waals surface area contributed by atoms with Gasteiger partial charge in [0, 0.05) is 15.5 Å². The second-order valence-electron chi connectivity index (χ2n) is 4.50. The molecular formula is C12H14Br2N2O4. The molecule has 0 aliphatic carbocycles. The number of halogens is 2. The van der Waals surface area contributed by atoms with Crippen LogP contribution in [0.5, 0.6) is 0 Å². The van der Waals surface area contributed by atoms with Gasteiger partial charge in [0.2, 0.25) is 0 Å². The van der Waals surface area contributed by atoms with E-state index in [2.05, 4.69) is 42.5 Å². The Bertz CT molecular complexity index is 520. The molecule has 0 aliphatic heterocycles. The summed E-state index contributed by atoms with van der Waals surface area (Å²) in [7, 11) is 0. The van der Waals surface area contributed by atoms with Gasteiger partial charge in [-0.1, -0.05) is 15.9 Å². The number of urea groups is 1. The fourth-order valence-electron chi connectivity index (χ4n) is 1.42. The first-order chi connectivity index (χ1) is 9.19. The van der Waals surface area contributed by atoms with E-state index in [4.69, 9.17) is 5.11 Å². The van der Waals surface area contributed by atoms with Crippen molar-refractivity contribution in [3.05, 3.63) is 27.1 Å². The monoisotopic (exact) mass is 408 g/mol. The van der Waals surface area contributed by atoms with E-state index in [1.807, 2.05) is 0 Å². The third kappa shape index (κ3) is 5.89. The Morgan fingerprint density at radius 2 is 2.00 bits per heavy atom. The number of nitrogens with one attached hydrogen (secondary N) is 2. The highest BCUT2D eigenvalue weighted by Crippen LogP contribution is 2.26. The Morgan fingerprint density at radius 1 is 1.35 bits per heavy atom. The van der Waals surface area contributed by atoms with Crippen LogP contribution in [0.4, 0.5) is 10.5 Å². The summed E-state index contributed by atoms with van der Waals surface area (Å²) in [5.41, 5.74) is -0.941. The predicted molar refractivity (Wildman–Crippen MR) is 81.7 cm³/mol. The third-order valence-corrected chi connectivity index (χ3v) is 3.49. The normalized spacial score (nSPS) is 13.4. The fraction of sp³-hybridized carbons (Fsp3) is 0.333. The van der Waals surface area contributed by atoms with Crippen molar-refractivity contribution in [2.24, 2.45) is 0 Å². The van der Waals surface area contributed by atoms with Gasteiger partial charge in [0.25, 0.3) is 0 Å². The number of anilines is 1. The standard InChI is InChI=1S/C12H14Br2N2O4/c1-12(20,5-10(17)18)6-15-11(19)16-9-3-2-7(13)4-8(9)14/h2-4,20H,5-6H2,1H3,(H,17,18)(H2,15,16,19). The van der Waals surface area contributed by atoms with Crippen LogP contribution in [0, 0.1) is 0 Å². The van der Waals surface area contributed by atoms with Crippen LogP contribution in [0.15, 0.2) is 27.1 Å². The molecule has 0 saturated heterocycles. The molecule has 0 bridgehead atoms. The Kier molecular flexibility index (Phi) is 5.97. The maximum absolute atomic E-state index is 11.7. The molecular weight excluding hydrogens is 396 g/mol. The summed E-state index contributed by atoms with van der Waals surface area (Å²) in [6.07, 6.45) is -0.449. The van der Waals surface area contributed by atoms with E-state index in [0.29, 0.717) is 10.2 Å². The Labute approximate surface area is 132 Å². The van der Waals surface area contributed by atoms with Gasteiger partial charge in [0.05, 0.1) is 17.7 Å². The lowest BCUT2D eigenvalue weighted by molar-refractivity contribution is -0.141. The van der Waals surface area contributed by atoms with E-state index in [1.54, 1.807) is 18.2 Å². The molecule has 1 aromatic rings. The Hall–Kier alpha value is -1.12. The van der Waals surface area contributed by atoms with Gasteiger partial charge in [-0.3, -0.25) is 4.79 Å². The molecule has 1 rings (SSSR count). The average molecular weight is 410 g/mol. The van der Waals surface area contributed by atoms with Crippen molar-refractivity contribution in [2.75, 3.05) is 11.9 Å². The summed E-state index contributed by atoms with van der Waals surface area (Å²) >= 11 is 6.59. The summed E-state index contributed by atoms with van der Waals surface area (Å²) in [5.74, 6) is -1.13. The number of amides is 2. The molecule has 0 spiro atoms. The molecule has 0 aliphatic rings. The van der Waals surface area contributed by atoms with Crippen LogP contribution in [0.1, 0.15) is 13.3 Å². The molecule has 8 heteroatoms. The molecule has 2 amide bonds. The Balaban J connectivity index is 2.54. The minimum atomic E-state index is -1.50. The zero-order valence-electron chi connectivity index (χ0n) is 10.6. The van der Waals surface area contributed by atoms with Crippen LogP contribution >= 0.6 is 31.9 Å². The van der Waals surface area contributed by atoms with Gasteiger partial charge in [0.15, 0.2) is 0 Å². The number of carbonyl (C=O) groups excluding carboxylic acids is 1. The lowest BCUT2D eigenvalue weighted by Crippen LogP contribution is -2.43. The molecule has 20 heavy (non-hydrogen) atoms. The molecule has 0 fully saturated rings. The quantitative estimate of drug-likeness (QED) is 0.600. The van der Waals surface area contributed by atoms with Gasteiger partial charge in [0.1, 0.15) is 0 Å². The van der Waals surface area contributed by atoms with Crippen molar-refractivity contribution in [1.82, 2.24) is 5.32 Å². The fourth-order valence-corrected chi connectivity index (χ4v) is 2.56. The molecule has 1 aromatic carbocycles. The zero-order chi connectivity index (χ0) is 15.3. The van der Waals surface area contributed by atoms with E-state index >= 15 is 0 Å². The first kappa shape index (κ1) is 16.9. The molecule has 1 unspecified atom stereocenters. The number of hydrogen-bond donors (Lipinski definition) is 4. The first-order valence-corrected chi connectivity index (χ1v) is 7.22. The first-order valence-electron chi connectivity index (χ1n) is 5.64. The van der Waals surface area contributed by atoms with Gasteiger partial charge in [-0.2, -0.15) is 0 Å². The lowest BCUT2D eigenvalue weighted by Gasteiger charge is -2.21. The van der Waals surface area contributed by atoms with E-state index in [9.17, 15) is 14.7 Å². The zero-order valence-corrected chi connectivity index (χ0v) is 13.8. The highest BCUT2D eigenvalue weighted by molar-refractivity contribution is 9.11. The summed E-state index contributed by atoms with van der Waals surface area (Å²) in [6.45, 7) is 1.18. The van der Waals surface area contributed by atoms with Gasteiger partial charge >= 0.3 is 12.0 Å². The number of benzene rings is 1. The highest BCUT2D eigenvalue weighted by Gasteiger charge is 2.24. The average Bonchev–Trinajstić information content (AvgIpc) is 2.29. The van der Waals surface area contributed by atoms with Crippen molar-refractivity contribution in [2.45, 2.75) is 18.9 Å². The van der Waals surface area contributed by atoms with E-state index in [1.165, 1.54) is 6.92 Å². The number of rotatable bonds is 5. The summed E-state index contributed by atoms with van der Waals surface area (Å²) < 4.78 is 1.55. The van der Waals surface area contributed by atoms with Crippen LogP contribution in [0.25, 0.3) is 0 Å². The van der Waals surface area contributed by atoms with Crippen molar-refractivity contribution in [3.63, 3.8) is 0 Å². The van der Waals surface area contributed by atoms with Crippen molar-refractivity contribution < 1.29 is 19.8 Å². The smallest absolute Gasteiger partial charge is 0.319 e. The maximum Gasteiger partial charge on any atom is 0.319 e. The van der Waals surface area contributed by atoms with Gasteiger partial charge in [-0.15, -0.1) is 0 Å². The molecule has 0 aromatic heterocycles.